The lowest BCUT2D eigenvalue weighted by molar-refractivity contribution is -0.123. The molecule has 1 atom stereocenters. The summed E-state index contributed by atoms with van der Waals surface area (Å²) in [5, 5.41) is 3.03. The standard InChI is InChI=1S/C12H24N2O/c1-9(2)6-11(8-13)14-12(15)7-10-4-3-5-10/h9-11H,3-8,13H2,1-2H3,(H,14,15). The molecule has 0 saturated heterocycles. The highest BCUT2D eigenvalue weighted by molar-refractivity contribution is 5.76. The summed E-state index contributed by atoms with van der Waals surface area (Å²) in [6.45, 7) is 4.86. The van der Waals surface area contributed by atoms with Gasteiger partial charge in [-0.05, 0) is 31.1 Å². The average molecular weight is 212 g/mol. The normalized spacial score (nSPS) is 18.7. The van der Waals surface area contributed by atoms with Crippen molar-refractivity contribution in [1.82, 2.24) is 5.32 Å². The molecule has 1 aliphatic carbocycles. The molecule has 1 fully saturated rings. The molecule has 1 aliphatic rings. The minimum absolute atomic E-state index is 0.164. The predicted octanol–water partition coefficient (Wildman–Crippen LogP) is 1.67. The molecule has 0 radical (unpaired) electrons. The molecule has 1 saturated carbocycles. The average Bonchev–Trinajstić information content (AvgIpc) is 2.09. The Morgan fingerprint density at radius 1 is 1.47 bits per heavy atom. The Hall–Kier alpha value is -0.570. The maximum absolute atomic E-state index is 11.6. The topological polar surface area (TPSA) is 55.1 Å². The zero-order valence-electron chi connectivity index (χ0n) is 9.96. The zero-order valence-corrected chi connectivity index (χ0v) is 9.96. The van der Waals surface area contributed by atoms with Crippen molar-refractivity contribution >= 4 is 5.91 Å². The lowest BCUT2D eigenvalue weighted by Crippen LogP contribution is -2.42. The number of amides is 1. The number of nitrogens with two attached hydrogens (primary N) is 1. The number of hydrogen-bond acceptors (Lipinski definition) is 2. The largest absolute Gasteiger partial charge is 0.352 e. The van der Waals surface area contributed by atoms with Gasteiger partial charge in [0.1, 0.15) is 0 Å². The Balaban J connectivity index is 2.20. The first kappa shape index (κ1) is 12.5. The molecule has 3 N–H and O–H groups in total. The minimum atomic E-state index is 0.164. The molecule has 0 aromatic heterocycles. The van der Waals surface area contributed by atoms with Crippen LogP contribution in [0.25, 0.3) is 0 Å². The molecule has 1 unspecified atom stereocenters. The first-order valence-electron chi connectivity index (χ1n) is 6.11. The maximum Gasteiger partial charge on any atom is 0.220 e. The van der Waals surface area contributed by atoms with Crippen LogP contribution in [0.15, 0.2) is 0 Å². The lowest BCUT2D eigenvalue weighted by Gasteiger charge is -2.26. The zero-order chi connectivity index (χ0) is 11.3. The third-order valence-electron chi connectivity index (χ3n) is 3.10. The van der Waals surface area contributed by atoms with Gasteiger partial charge < -0.3 is 11.1 Å². The number of carbonyl (C=O) groups is 1. The molecule has 0 aromatic rings. The van der Waals surface area contributed by atoms with Crippen LogP contribution in [0.4, 0.5) is 0 Å². The van der Waals surface area contributed by atoms with Gasteiger partial charge in [0.15, 0.2) is 0 Å². The van der Waals surface area contributed by atoms with Crippen LogP contribution in [0.2, 0.25) is 0 Å². The predicted molar refractivity (Wildman–Crippen MR) is 62.4 cm³/mol. The molecular formula is C12H24N2O. The molecule has 1 rings (SSSR count). The molecule has 0 heterocycles. The second-order valence-electron chi connectivity index (χ2n) is 5.13. The highest BCUT2D eigenvalue weighted by Crippen LogP contribution is 2.29. The van der Waals surface area contributed by atoms with Crippen LogP contribution in [-0.4, -0.2) is 18.5 Å². The van der Waals surface area contributed by atoms with Gasteiger partial charge in [-0.15, -0.1) is 0 Å². The van der Waals surface area contributed by atoms with Crippen molar-refractivity contribution < 1.29 is 4.79 Å². The van der Waals surface area contributed by atoms with Gasteiger partial charge in [-0.2, -0.15) is 0 Å². The molecule has 0 spiro atoms. The van der Waals surface area contributed by atoms with E-state index >= 15 is 0 Å². The van der Waals surface area contributed by atoms with Crippen LogP contribution in [0.5, 0.6) is 0 Å². The highest BCUT2D eigenvalue weighted by Gasteiger charge is 2.21. The van der Waals surface area contributed by atoms with Crippen LogP contribution in [0, 0.1) is 11.8 Å². The Bertz CT molecular complexity index is 200. The van der Waals surface area contributed by atoms with Gasteiger partial charge in [0.2, 0.25) is 5.91 Å². The number of rotatable bonds is 6. The van der Waals surface area contributed by atoms with E-state index in [0.29, 0.717) is 24.8 Å². The van der Waals surface area contributed by atoms with E-state index in [9.17, 15) is 4.79 Å². The summed E-state index contributed by atoms with van der Waals surface area (Å²) in [5.41, 5.74) is 5.63. The number of carbonyl (C=O) groups excluding carboxylic acids is 1. The van der Waals surface area contributed by atoms with Crippen LogP contribution in [0.1, 0.15) is 46.0 Å². The summed E-state index contributed by atoms with van der Waals surface area (Å²) >= 11 is 0. The Labute approximate surface area is 92.8 Å². The van der Waals surface area contributed by atoms with Crippen molar-refractivity contribution in [3.63, 3.8) is 0 Å². The van der Waals surface area contributed by atoms with Crippen molar-refractivity contribution in [2.45, 2.75) is 52.0 Å². The van der Waals surface area contributed by atoms with Crippen molar-refractivity contribution in [3.05, 3.63) is 0 Å². The number of nitrogens with one attached hydrogen (secondary N) is 1. The Morgan fingerprint density at radius 2 is 2.13 bits per heavy atom. The van der Waals surface area contributed by atoms with Gasteiger partial charge >= 0.3 is 0 Å². The maximum atomic E-state index is 11.6. The molecule has 3 heteroatoms. The lowest BCUT2D eigenvalue weighted by atomic mass is 9.83. The Morgan fingerprint density at radius 3 is 2.53 bits per heavy atom. The SMILES string of the molecule is CC(C)CC(CN)NC(=O)CC1CCC1. The van der Waals surface area contributed by atoms with E-state index in [-0.39, 0.29) is 11.9 Å². The summed E-state index contributed by atoms with van der Waals surface area (Å²) in [5.74, 6) is 1.42. The van der Waals surface area contributed by atoms with Gasteiger partial charge in [-0.1, -0.05) is 20.3 Å². The molecule has 3 nitrogen and oxygen atoms in total. The fourth-order valence-corrected chi connectivity index (χ4v) is 2.03. The van der Waals surface area contributed by atoms with E-state index < -0.39 is 0 Å². The molecule has 0 aromatic carbocycles. The van der Waals surface area contributed by atoms with Crippen LogP contribution in [-0.2, 0) is 4.79 Å². The van der Waals surface area contributed by atoms with Crippen LogP contribution >= 0.6 is 0 Å². The molecule has 88 valence electrons. The van der Waals surface area contributed by atoms with E-state index in [1.807, 2.05) is 0 Å². The summed E-state index contributed by atoms with van der Waals surface area (Å²) in [7, 11) is 0. The van der Waals surface area contributed by atoms with E-state index in [4.69, 9.17) is 5.73 Å². The smallest absolute Gasteiger partial charge is 0.220 e. The monoisotopic (exact) mass is 212 g/mol. The van der Waals surface area contributed by atoms with Crippen LogP contribution < -0.4 is 11.1 Å². The van der Waals surface area contributed by atoms with Crippen molar-refractivity contribution in [1.29, 1.82) is 0 Å². The van der Waals surface area contributed by atoms with Crippen molar-refractivity contribution in [2.24, 2.45) is 17.6 Å². The molecule has 15 heavy (non-hydrogen) atoms. The highest BCUT2D eigenvalue weighted by atomic mass is 16.1. The van der Waals surface area contributed by atoms with Gasteiger partial charge in [0, 0.05) is 19.0 Å². The van der Waals surface area contributed by atoms with E-state index in [0.717, 1.165) is 6.42 Å². The van der Waals surface area contributed by atoms with Gasteiger partial charge in [-0.25, -0.2) is 0 Å². The third kappa shape index (κ3) is 4.65. The first-order valence-corrected chi connectivity index (χ1v) is 6.11. The second-order valence-corrected chi connectivity index (χ2v) is 5.13. The summed E-state index contributed by atoms with van der Waals surface area (Å²) < 4.78 is 0. The van der Waals surface area contributed by atoms with Gasteiger partial charge in [0.25, 0.3) is 0 Å². The van der Waals surface area contributed by atoms with E-state index in [2.05, 4.69) is 19.2 Å². The first-order chi connectivity index (χ1) is 7.11. The Kier molecular flexibility index (Phi) is 5.09. The fourth-order valence-electron chi connectivity index (χ4n) is 2.03. The summed E-state index contributed by atoms with van der Waals surface area (Å²) in [6, 6.07) is 0.164. The quantitative estimate of drug-likeness (QED) is 0.703. The summed E-state index contributed by atoms with van der Waals surface area (Å²) in [4.78, 5) is 11.6. The third-order valence-corrected chi connectivity index (χ3v) is 3.10. The van der Waals surface area contributed by atoms with Crippen LogP contribution in [0.3, 0.4) is 0 Å². The van der Waals surface area contributed by atoms with Gasteiger partial charge in [0.05, 0.1) is 0 Å². The summed E-state index contributed by atoms with van der Waals surface area (Å²) in [6.07, 6.45) is 5.43. The minimum Gasteiger partial charge on any atom is -0.352 e. The molecule has 0 aliphatic heterocycles. The molecule has 1 amide bonds. The van der Waals surface area contributed by atoms with Crippen molar-refractivity contribution in [3.8, 4) is 0 Å². The molecule has 0 bridgehead atoms. The van der Waals surface area contributed by atoms with E-state index in [1.54, 1.807) is 0 Å². The molecular weight excluding hydrogens is 188 g/mol. The van der Waals surface area contributed by atoms with E-state index in [1.165, 1.54) is 19.3 Å². The fraction of sp³-hybridized carbons (Fsp3) is 0.917. The second kappa shape index (κ2) is 6.11. The van der Waals surface area contributed by atoms with Gasteiger partial charge in [-0.3, -0.25) is 4.79 Å². The van der Waals surface area contributed by atoms with Crippen molar-refractivity contribution in [2.75, 3.05) is 6.54 Å². The number of hydrogen-bond donors (Lipinski definition) is 2.